The van der Waals surface area contributed by atoms with Gasteiger partial charge in [0.15, 0.2) is 0 Å². The maximum absolute atomic E-state index is 5.57. The Morgan fingerprint density at radius 2 is 2.00 bits per heavy atom. The number of fused-ring (bicyclic) bond motifs is 1. The van der Waals surface area contributed by atoms with Crippen LogP contribution in [0.4, 0.5) is 5.95 Å². The van der Waals surface area contributed by atoms with Crippen LogP contribution in [0.15, 0.2) is 43.0 Å². The third kappa shape index (κ3) is 1.30. The van der Waals surface area contributed by atoms with Crippen molar-refractivity contribution in [1.29, 1.82) is 0 Å². The zero-order valence-electron chi connectivity index (χ0n) is 8.41. The van der Waals surface area contributed by atoms with Gasteiger partial charge in [0.05, 0.1) is 5.69 Å². The molecule has 0 atom stereocenters. The van der Waals surface area contributed by atoms with Crippen LogP contribution >= 0.6 is 0 Å². The van der Waals surface area contributed by atoms with Crippen molar-refractivity contribution in [3.8, 4) is 11.3 Å². The SMILES string of the molecule is Nc1nccc(-c2cccn3ccnc23)n1. The molecule has 0 aliphatic heterocycles. The van der Waals surface area contributed by atoms with E-state index in [4.69, 9.17) is 5.73 Å². The van der Waals surface area contributed by atoms with Gasteiger partial charge in [0.2, 0.25) is 5.95 Å². The highest BCUT2D eigenvalue weighted by molar-refractivity contribution is 5.75. The van der Waals surface area contributed by atoms with E-state index in [0.717, 1.165) is 16.9 Å². The molecule has 3 rings (SSSR count). The van der Waals surface area contributed by atoms with Crippen molar-refractivity contribution in [1.82, 2.24) is 19.4 Å². The smallest absolute Gasteiger partial charge is 0.220 e. The monoisotopic (exact) mass is 211 g/mol. The number of pyridine rings is 1. The van der Waals surface area contributed by atoms with Gasteiger partial charge in [0.1, 0.15) is 5.65 Å². The van der Waals surface area contributed by atoms with E-state index in [2.05, 4.69) is 15.0 Å². The van der Waals surface area contributed by atoms with E-state index in [-0.39, 0.29) is 5.95 Å². The van der Waals surface area contributed by atoms with Crippen LogP contribution in [0, 0.1) is 0 Å². The van der Waals surface area contributed by atoms with Crippen molar-refractivity contribution in [2.75, 3.05) is 5.73 Å². The van der Waals surface area contributed by atoms with E-state index in [1.54, 1.807) is 12.4 Å². The number of nitrogens with zero attached hydrogens (tertiary/aromatic N) is 4. The summed E-state index contributed by atoms with van der Waals surface area (Å²) in [6.45, 7) is 0. The van der Waals surface area contributed by atoms with Crippen molar-refractivity contribution >= 4 is 11.6 Å². The van der Waals surface area contributed by atoms with E-state index in [9.17, 15) is 0 Å². The summed E-state index contributed by atoms with van der Waals surface area (Å²) in [6, 6.07) is 5.73. The Morgan fingerprint density at radius 1 is 1.06 bits per heavy atom. The van der Waals surface area contributed by atoms with Gasteiger partial charge in [-0.15, -0.1) is 0 Å². The Balaban J connectivity index is 2.29. The van der Waals surface area contributed by atoms with Gasteiger partial charge in [-0.25, -0.2) is 15.0 Å². The predicted molar refractivity (Wildman–Crippen MR) is 60.6 cm³/mol. The van der Waals surface area contributed by atoms with E-state index in [0.29, 0.717) is 0 Å². The number of nitrogens with two attached hydrogens (primary N) is 1. The first-order valence-corrected chi connectivity index (χ1v) is 4.85. The van der Waals surface area contributed by atoms with Crippen LogP contribution in [0.3, 0.4) is 0 Å². The lowest BCUT2D eigenvalue weighted by molar-refractivity contribution is 1.16. The summed E-state index contributed by atoms with van der Waals surface area (Å²) in [5.41, 5.74) is 8.16. The fourth-order valence-corrected chi connectivity index (χ4v) is 1.67. The molecule has 0 spiro atoms. The first-order chi connectivity index (χ1) is 7.84. The second-order valence-electron chi connectivity index (χ2n) is 3.38. The van der Waals surface area contributed by atoms with Crippen molar-refractivity contribution in [2.24, 2.45) is 0 Å². The molecule has 0 saturated heterocycles. The minimum Gasteiger partial charge on any atom is -0.368 e. The third-order valence-corrected chi connectivity index (χ3v) is 2.37. The van der Waals surface area contributed by atoms with Gasteiger partial charge >= 0.3 is 0 Å². The topological polar surface area (TPSA) is 69.1 Å². The summed E-state index contributed by atoms with van der Waals surface area (Å²) in [5.74, 6) is 0.269. The standard InChI is InChI=1S/C11H9N5/c12-11-14-4-3-9(15-11)8-2-1-6-16-7-5-13-10(8)16/h1-7H,(H2,12,14,15). The van der Waals surface area contributed by atoms with Crippen LogP contribution in [0.25, 0.3) is 16.9 Å². The molecule has 5 nitrogen and oxygen atoms in total. The van der Waals surface area contributed by atoms with Crippen molar-refractivity contribution < 1.29 is 0 Å². The summed E-state index contributed by atoms with van der Waals surface area (Å²) in [4.78, 5) is 12.3. The first-order valence-electron chi connectivity index (χ1n) is 4.85. The first kappa shape index (κ1) is 8.84. The Bertz CT molecular complexity index is 643. The quantitative estimate of drug-likeness (QED) is 0.660. The fourth-order valence-electron chi connectivity index (χ4n) is 1.67. The molecule has 0 aliphatic rings. The zero-order chi connectivity index (χ0) is 11.0. The van der Waals surface area contributed by atoms with E-state index in [1.807, 2.05) is 35.0 Å². The van der Waals surface area contributed by atoms with Crippen LogP contribution < -0.4 is 5.73 Å². The molecule has 3 aromatic rings. The van der Waals surface area contributed by atoms with Gasteiger partial charge in [0.25, 0.3) is 0 Å². The van der Waals surface area contributed by atoms with E-state index in [1.165, 1.54) is 0 Å². The molecule has 0 saturated carbocycles. The number of hydrogen-bond donors (Lipinski definition) is 1. The zero-order valence-corrected chi connectivity index (χ0v) is 8.41. The molecular formula is C11H9N5. The highest BCUT2D eigenvalue weighted by Gasteiger charge is 2.06. The Kier molecular flexibility index (Phi) is 1.83. The van der Waals surface area contributed by atoms with Gasteiger partial charge in [-0.2, -0.15) is 0 Å². The van der Waals surface area contributed by atoms with Crippen molar-refractivity contribution in [3.05, 3.63) is 43.0 Å². The second kappa shape index (κ2) is 3.30. The molecule has 0 amide bonds. The van der Waals surface area contributed by atoms with Gasteiger partial charge in [0, 0.05) is 30.4 Å². The fraction of sp³-hybridized carbons (Fsp3) is 0. The molecule has 0 radical (unpaired) electrons. The molecule has 0 fully saturated rings. The average molecular weight is 211 g/mol. The van der Waals surface area contributed by atoms with E-state index >= 15 is 0 Å². The highest BCUT2D eigenvalue weighted by Crippen LogP contribution is 2.21. The molecule has 3 aromatic heterocycles. The molecule has 78 valence electrons. The van der Waals surface area contributed by atoms with Gasteiger partial charge in [-0.05, 0) is 18.2 Å². The van der Waals surface area contributed by atoms with Crippen LogP contribution in [-0.4, -0.2) is 19.4 Å². The lowest BCUT2D eigenvalue weighted by atomic mass is 10.2. The molecule has 0 bridgehead atoms. The molecular weight excluding hydrogens is 202 g/mol. The van der Waals surface area contributed by atoms with Gasteiger partial charge < -0.3 is 10.1 Å². The molecule has 16 heavy (non-hydrogen) atoms. The highest BCUT2D eigenvalue weighted by atomic mass is 15.0. The van der Waals surface area contributed by atoms with Crippen molar-refractivity contribution in [3.63, 3.8) is 0 Å². The molecule has 0 unspecified atom stereocenters. The van der Waals surface area contributed by atoms with E-state index < -0.39 is 0 Å². The Labute approximate surface area is 91.6 Å². The summed E-state index contributed by atoms with van der Waals surface area (Å²) in [5, 5.41) is 0. The summed E-state index contributed by atoms with van der Waals surface area (Å²) in [7, 11) is 0. The number of rotatable bonds is 1. The van der Waals surface area contributed by atoms with Crippen molar-refractivity contribution in [2.45, 2.75) is 0 Å². The van der Waals surface area contributed by atoms with Crippen LogP contribution in [0.5, 0.6) is 0 Å². The Hall–Kier alpha value is -2.43. The second-order valence-corrected chi connectivity index (χ2v) is 3.38. The molecule has 0 aliphatic carbocycles. The van der Waals surface area contributed by atoms with Gasteiger partial charge in [-0.3, -0.25) is 0 Å². The predicted octanol–water partition coefficient (Wildman–Crippen LogP) is 1.37. The minimum atomic E-state index is 0.269. The molecule has 3 heterocycles. The van der Waals surface area contributed by atoms with Crippen LogP contribution in [0.1, 0.15) is 0 Å². The maximum atomic E-state index is 5.57. The molecule has 0 aromatic carbocycles. The summed E-state index contributed by atoms with van der Waals surface area (Å²) in [6.07, 6.45) is 7.23. The normalized spacial score (nSPS) is 10.8. The van der Waals surface area contributed by atoms with Crippen LogP contribution in [0.2, 0.25) is 0 Å². The number of imidazole rings is 1. The summed E-state index contributed by atoms with van der Waals surface area (Å²) >= 11 is 0. The molecule has 2 N–H and O–H groups in total. The average Bonchev–Trinajstić information content (AvgIpc) is 2.76. The minimum absolute atomic E-state index is 0.269. The lowest BCUT2D eigenvalue weighted by Crippen LogP contribution is -1.96. The number of anilines is 1. The number of aromatic nitrogens is 4. The van der Waals surface area contributed by atoms with Crippen LogP contribution in [-0.2, 0) is 0 Å². The lowest BCUT2D eigenvalue weighted by Gasteiger charge is -2.02. The Morgan fingerprint density at radius 3 is 2.88 bits per heavy atom. The largest absolute Gasteiger partial charge is 0.368 e. The number of hydrogen-bond acceptors (Lipinski definition) is 4. The van der Waals surface area contributed by atoms with Gasteiger partial charge in [-0.1, -0.05) is 0 Å². The third-order valence-electron chi connectivity index (χ3n) is 2.37. The maximum Gasteiger partial charge on any atom is 0.220 e. The number of nitrogen functional groups attached to an aromatic ring is 1. The molecule has 5 heteroatoms. The summed E-state index contributed by atoms with van der Waals surface area (Å²) < 4.78 is 1.94.